The molecule has 2 unspecified atom stereocenters. The van der Waals surface area contributed by atoms with E-state index in [-0.39, 0.29) is 12.0 Å². The molecule has 3 N–H and O–H groups in total. The number of aliphatic hydroxyl groups excluding tert-OH is 1. The van der Waals surface area contributed by atoms with Gasteiger partial charge in [-0.2, -0.15) is 0 Å². The Balaban J connectivity index is 2.22. The predicted octanol–water partition coefficient (Wildman–Crippen LogP) is 1.86. The molecule has 2 atom stereocenters. The summed E-state index contributed by atoms with van der Waals surface area (Å²) in [5.74, 6) is 1.65. The lowest BCUT2D eigenvalue weighted by Crippen LogP contribution is -2.33. The first kappa shape index (κ1) is 13.2. The minimum Gasteiger partial charge on any atom is -0.490 e. The van der Waals surface area contributed by atoms with Crippen molar-refractivity contribution >= 4 is 0 Å². The predicted molar refractivity (Wildman–Crippen MR) is 69.8 cm³/mol. The highest BCUT2D eigenvalue weighted by Crippen LogP contribution is 2.33. The molecule has 2 rings (SSSR count). The molecule has 1 heterocycles. The summed E-state index contributed by atoms with van der Waals surface area (Å²) in [6.45, 7) is 5.30. The summed E-state index contributed by atoms with van der Waals surface area (Å²) in [7, 11) is 0. The highest BCUT2D eigenvalue weighted by atomic mass is 16.5. The number of nitrogens with two attached hydrogens (primary N) is 1. The number of rotatable bonds is 3. The molecule has 0 amide bonds. The SMILES string of the molecule is CC(C)C(N)C(O)c1ccc2c(c1)OCCCO2. The van der Waals surface area contributed by atoms with E-state index < -0.39 is 6.10 Å². The van der Waals surface area contributed by atoms with Gasteiger partial charge in [0.15, 0.2) is 11.5 Å². The van der Waals surface area contributed by atoms with Crippen LogP contribution in [0.15, 0.2) is 18.2 Å². The van der Waals surface area contributed by atoms with Gasteiger partial charge in [0.05, 0.1) is 19.3 Å². The summed E-state index contributed by atoms with van der Waals surface area (Å²) < 4.78 is 11.2. The Morgan fingerprint density at radius 1 is 1.17 bits per heavy atom. The van der Waals surface area contributed by atoms with Crippen LogP contribution >= 0.6 is 0 Å². The number of benzene rings is 1. The number of fused-ring (bicyclic) bond motifs is 1. The first-order valence-electron chi connectivity index (χ1n) is 6.43. The second kappa shape index (κ2) is 5.59. The second-order valence-electron chi connectivity index (χ2n) is 5.02. The molecule has 4 nitrogen and oxygen atoms in total. The summed E-state index contributed by atoms with van der Waals surface area (Å²) in [5, 5.41) is 10.2. The molecule has 100 valence electrons. The molecule has 0 aromatic heterocycles. The first-order valence-corrected chi connectivity index (χ1v) is 6.43. The summed E-state index contributed by atoms with van der Waals surface area (Å²) >= 11 is 0. The Morgan fingerprint density at radius 2 is 1.83 bits per heavy atom. The molecule has 4 heteroatoms. The van der Waals surface area contributed by atoms with E-state index >= 15 is 0 Å². The topological polar surface area (TPSA) is 64.7 Å². The second-order valence-corrected chi connectivity index (χ2v) is 5.02. The van der Waals surface area contributed by atoms with Crippen LogP contribution < -0.4 is 15.2 Å². The lowest BCUT2D eigenvalue weighted by Gasteiger charge is -2.23. The molecule has 0 spiro atoms. The van der Waals surface area contributed by atoms with Crippen molar-refractivity contribution in [2.45, 2.75) is 32.4 Å². The van der Waals surface area contributed by atoms with E-state index in [4.69, 9.17) is 15.2 Å². The minimum atomic E-state index is -0.679. The van der Waals surface area contributed by atoms with E-state index in [1.165, 1.54) is 0 Å². The van der Waals surface area contributed by atoms with Crippen molar-refractivity contribution in [3.8, 4) is 11.5 Å². The van der Waals surface area contributed by atoms with E-state index in [0.29, 0.717) is 19.0 Å². The van der Waals surface area contributed by atoms with Crippen LogP contribution in [0.4, 0.5) is 0 Å². The molecular weight excluding hydrogens is 230 g/mol. The minimum absolute atomic E-state index is 0.218. The summed E-state index contributed by atoms with van der Waals surface area (Å²) in [4.78, 5) is 0. The summed E-state index contributed by atoms with van der Waals surface area (Å²) in [5.41, 5.74) is 6.76. The molecule has 1 aromatic carbocycles. The van der Waals surface area contributed by atoms with E-state index in [1.807, 2.05) is 32.0 Å². The fourth-order valence-corrected chi connectivity index (χ4v) is 1.95. The lowest BCUT2D eigenvalue weighted by atomic mass is 9.94. The van der Waals surface area contributed by atoms with Crippen LogP contribution in [-0.4, -0.2) is 24.4 Å². The van der Waals surface area contributed by atoms with Crippen LogP contribution in [0, 0.1) is 5.92 Å². The van der Waals surface area contributed by atoms with Gasteiger partial charge in [0.25, 0.3) is 0 Å². The van der Waals surface area contributed by atoms with Crippen LogP contribution in [0.5, 0.6) is 11.5 Å². The van der Waals surface area contributed by atoms with Gasteiger partial charge in [0.2, 0.25) is 0 Å². The number of hydrogen-bond acceptors (Lipinski definition) is 4. The maximum Gasteiger partial charge on any atom is 0.161 e. The quantitative estimate of drug-likeness (QED) is 0.860. The van der Waals surface area contributed by atoms with Gasteiger partial charge < -0.3 is 20.3 Å². The monoisotopic (exact) mass is 251 g/mol. The fourth-order valence-electron chi connectivity index (χ4n) is 1.95. The van der Waals surface area contributed by atoms with Crippen LogP contribution in [-0.2, 0) is 0 Å². The van der Waals surface area contributed by atoms with Crippen LogP contribution in [0.2, 0.25) is 0 Å². The Labute approximate surface area is 108 Å². The third-order valence-corrected chi connectivity index (χ3v) is 3.25. The highest BCUT2D eigenvalue weighted by Gasteiger charge is 2.22. The van der Waals surface area contributed by atoms with Crippen molar-refractivity contribution in [2.24, 2.45) is 11.7 Å². The van der Waals surface area contributed by atoms with Crippen molar-refractivity contribution in [1.29, 1.82) is 0 Å². The Kier molecular flexibility index (Phi) is 4.09. The van der Waals surface area contributed by atoms with Gasteiger partial charge in [-0.05, 0) is 23.6 Å². The number of hydrogen-bond donors (Lipinski definition) is 2. The van der Waals surface area contributed by atoms with Crippen LogP contribution in [0.1, 0.15) is 31.9 Å². The van der Waals surface area contributed by atoms with Crippen molar-refractivity contribution in [2.75, 3.05) is 13.2 Å². The smallest absolute Gasteiger partial charge is 0.161 e. The fraction of sp³-hybridized carbons (Fsp3) is 0.571. The third-order valence-electron chi connectivity index (χ3n) is 3.25. The van der Waals surface area contributed by atoms with Crippen molar-refractivity contribution in [3.05, 3.63) is 23.8 Å². The Hall–Kier alpha value is -1.26. The lowest BCUT2D eigenvalue weighted by molar-refractivity contribution is 0.125. The summed E-state index contributed by atoms with van der Waals surface area (Å²) in [6.07, 6.45) is 0.195. The van der Waals surface area contributed by atoms with Crippen molar-refractivity contribution in [3.63, 3.8) is 0 Å². The van der Waals surface area contributed by atoms with Gasteiger partial charge in [0, 0.05) is 12.5 Å². The summed E-state index contributed by atoms with van der Waals surface area (Å²) in [6, 6.07) is 5.23. The molecule has 0 fully saturated rings. The molecule has 1 aliphatic rings. The van der Waals surface area contributed by atoms with Crippen molar-refractivity contribution in [1.82, 2.24) is 0 Å². The van der Waals surface area contributed by atoms with E-state index in [0.717, 1.165) is 17.7 Å². The van der Waals surface area contributed by atoms with Crippen LogP contribution in [0.25, 0.3) is 0 Å². The van der Waals surface area contributed by atoms with Crippen LogP contribution in [0.3, 0.4) is 0 Å². The van der Waals surface area contributed by atoms with E-state index in [9.17, 15) is 5.11 Å². The molecule has 0 radical (unpaired) electrons. The molecule has 0 aliphatic carbocycles. The molecule has 18 heavy (non-hydrogen) atoms. The van der Waals surface area contributed by atoms with Gasteiger partial charge in [-0.1, -0.05) is 19.9 Å². The maximum atomic E-state index is 10.2. The van der Waals surface area contributed by atoms with Crippen molar-refractivity contribution < 1.29 is 14.6 Å². The standard InChI is InChI=1S/C14H21NO3/c1-9(2)13(15)14(16)10-4-5-11-12(8-10)18-7-3-6-17-11/h4-5,8-9,13-14,16H,3,6-7,15H2,1-2H3. The van der Waals surface area contributed by atoms with Gasteiger partial charge in [-0.3, -0.25) is 0 Å². The van der Waals surface area contributed by atoms with E-state index in [1.54, 1.807) is 0 Å². The molecular formula is C14H21NO3. The largest absolute Gasteiger partial charge is 0.490 e. The van der Waals surface area contributed by atoms with Gasteiger partial charge in [-0.15, -0.1) is 0 Å². The Bertz CT molecular complexity index is 406. The average molecular weight is 251 g/mol. The third kappa shape index (κ3) is 2.76. The molecule has 0 saturated carbocycles. The maximum absolute atomic E-state index is 10.2. The number of aliphatic hydroxyl groups is 1. The Morgan fingerprint density at radius 3 is 2.50 bits per heavy atom. The molecule has 1 aliphatic heterocycles. The first-order chi connectivity index (χ1) is 8.59. The zero-order chi connectivity index (χ0) is 13.1. The average Bonchev–Trinajstić information content (AvgIpc) is 2.60. The highest BCUT2D eigenvalue weighted by molar-refractivity contribution is 5.44. The number of ether oxygens (including phenoxy) is 2. The van der Waals surface area contributed by atoms with E-state index in [2.05, 4.69) is 0 Å². The van der Waals surface area contributed by atoms with Gasteiger partial charge >= 0.3 is 0 Å². The molecule has 1 aromatic rings. The zero-order valence-corrected chi connectivity index (χ0v) is 10.9. The normalized spacial score (nSPS) is 18.3. The zero-order valence-electron chi connectivity index (χ0n) is 10.9. The van der Waals surface area contributed by atoms with Gasteiger partial charge in [-0.25, -0.2) is 0 Å². The molecule has 0 saturated heterocycles. The molecule has 0 bridgehead atoms. The van der Waals surface area contributed by atoms with Gasteiger partial charge in [0.1, 0.15) is 0 Å².